The summed E-state index contributed by atoms with van der Waals surface area (Å²) in [7, 11) is 1.73. The highest BCUT2D eigenvalue weighted by Crippen LogP contribution is 2.58. The Labute approximate surface area is 308 Å². The minimum absolute atomic E-state index is 0.0466. The van der Waals surface area contributed by atoms with Crippen molar-refractivity contribution in [2.45, 2.75) is 128 Å². The van der Waals surface area contributed by atoms with Crippen LogP contribution in [0.5, 0.6) is 5.75 Å². The summed E-state index contributed by atoms with van der Waals surface area (Å²) in [6.07, 6.45) is 15.7. The lowest BCUT2D eigenvalue weighted by molar-refractivity contribution is -0.124. The van der Waals surface area contributed by atoms with E-state index in [-0.39, 0.29) is 40.9 Å². The molecular formula is C42H57N5O5. The summed E-state index contributed by atoms with van der Waals surface area (Å²) in [5, 5.41) is 14.9. The van der Waals surface area contributed by atoms with Crippen molar-refractivity contribution in [2.24, 2.45) is 11.3 Å². The number of likely N-dealkylation sites (tertiary alicyclic amines) is 1. The number of piperidine rings is 1. The predicted molar refractivity (Wildman–Crippen MR) is 201 cm³/mol. The third-order valence-electron chi connectivity index (χ3n) is 13.0. The number of aromatic nitrogens is 3. The number of hydrogen-bond donors (Lipinski definition) is 1. The van der Waals surface area contributed by atoms with Crippen LogP contribution in [0.15, 0.2) is 48.9 Å². The zero-order valence-corrected chi connectivity index (χ0v) is 31.8. The zero-order chi connectivity index (χ0) is 36.7. The summed E-state index contributed by atoms with van der Waals surface area (Å²) in [4.78, 5) is 36.2. The third-order valence-corrected chi connectivity index (χ3v) is 13.0. The average Bonchev–Trinajstić information content (AvgIpc) is 3.66. The van der Waals surface area contributed by atoms with Crippen molar-refractivity contribution in [3.05, 3.63) is 60.0 Å². The van der Waals surface area contributed by atoms with Crippen LogP contribution in [0.2, 0.25) is 0 Å². The van der Waals surface area contributed by atoms with E-state index in [0.717, 1.165) is 55.4 Å². The molecule has 0 atom stereocenters. The number of pyridine rings is 1. The van der Waals surface area contributed by atoms with Crippen molar-refractivity contribution in [1.82, 2.24) is 19.7 Å². The average molecular weight is 712 g/mol. The first-order valence-electron chi connectivity index (χ1n) is 19.5. The molecule has 0 spiro atoms. The summed E-state index contributed by atoms with van der Waals surface area (Å²) in [5.74, 6) is 1.62. The molecule has 0 radical (unpaired) electrons. The number of benzene rings is 1. The van der Waals surface area contributed by atoms with E-state index in [4.69, 9.17) is 14.5 Å². The fourth-order valence-electron chi connectivity index (χ4n) is 9.30. The fraction of sp³-hybridized carbons (Fsp3) is 0.619. The van der Waals surface area contributed by atoms with E-state index in [1.807, 2.05) is 35.0 Å². The lowest BCUT2D eigenvalue weighted by atomic mass is 9.51. The monoisotopic (exact) mass is 711 g/mol. The van der Waals surface area contributed by atoms with E-state index in [1.54, 1.807) is 12.0 Å². The second-order valence-electron chi connectivity index (χ2n) is 16.9. The molecule has 1 aliphatic heterocycles. The van der Waals surface area contributed by atoms with Crippen LogP contribution in [0.1, 0.15) is 115 Å². The molecule has 4 saturated carbocycles. The normalized spacial score (nSPS) is 27.0. The van der Waals surface area contributed by atoms with Crippen LogP contribution in [-0.2, 0) is 14.9 Å². The molecule has 2 bridgehead atoms. The van der Waals surface area contributed by atoms with Crippen molar-refractivity contribution in [2.75, 3.05) is 31.6 Å². The van der Waals surface area contributed by atoms with E-state index in [0.29, 0.717) is 64.0 Å². The molecule has 280 valence electrons. The number of hydrogen-bond acceptors (Lipinski definition) is 7. The standard InChI is InChI=1S/C42H57N5O5/c1-29(2)47-27-33(26-44-47)32-12-21-43-37(25-32)46(28-41-13-16-42(17-14-41,18-15-41)34-8-11-36(51-5)30(3)24-34)38(48)31-6-9-35(10-7-31)52-39(49)45-22-19-40(4,50)20-23-45/h8,11-12,21,24-27,29,31,35,50H,6-7,9-10,13-20,22-23,28H2,1-5H3. The molecule has 10 nitrogen and oxygen atoms in total. The molecule has 5 aliphatic rings. The number of nitrogens with zero attached hydrogens (tertiary/aromatic N) is 5. The topological polar surface area (TPSA) is 110 Å². The van der Waals surface area contributed by atoms with Crippen molar-refractivity contribution in [3.8, 4) is 16.9 Å². The molecule has 2 amide bonds. The third kappa shape index (κ3) is 7.45. The molecule has 5 fully saturated rings. The van der Waals surface area contributed by atoms with Gasteiger partial charge in [-0.2, -0.15) is 5.10 Å². The molecule has 2 aromatic heterocycles. The van der Waals surface area contributed by atoms with Crippen LogP contribution in [0.3, 0.4) is 0 Å². The maximum absolute atomic E-state index is 14.7. The minimum Gasteiger partial charge on any atom is -0.496 e. The Bertz CT molecular complexity index is 1720. The molecule has 4 aliphatic carbocycles. The first kappa shape index (κ1) is 36.4. The van der Waals surface area contributed by atoms with Crippen LogP contribution < -0.4 is 9.64 Å². The van der Waals surface area contributed by atoms with Crippen molar-refractivity contribution in [3.63, 3.8) is 0 Å². The minimum atomic E-state index is -0.723. The van der Waals surface area contributed by atoms with Gasteiger partial charge >= 0.3 is 6.09 Å². The second kappa shape index (κ2) is 14.5. The van der Waals surface area contributed by atoms with E-state index in [2.05, 4.69) is 56.3 Å². The maximum atomic E-state index is 14.7. The number of fused-ring (bicyclic) bond motifs is 3. The van der Waals surface area contributed by atoms with Crippen LogP contribution in [0.4, 0.5) is 10.6 Å². The summed E-state index contributed by atoms with van der Waals surface area (Å²) >= 11 is 0. The Balaban J connectivity index is 1.07. The number of amides is 2. The largest absolute Gasteiger partial charge is 0.496 e. The first-order chi connectivity index (χ1) is 24.9. The van der Waals surface area contributed by atoms with Crippen LogP contribution in [-0.4, -0.2) is 75.2 Å². The van der Waals surface area contributed by atoms with Crippen molar-refractivity contribution in [1.29, 1.82) is 0 Å². The molecule has 3 aromatic rings. The smallest absolute Gasteiger partial charge is 0.410 e. The van der Waals surface area contributed by atoms with Gasteiger partial charge in [0, 0.05) is 49.6 Å². The maximum Gasteiger partial charge on any atom is 0.410 e. The number of rotatable bonds is 9. The number of methoxy groups -OCH3 is 1. The molecule has 1 aromatic carbocycles. The second-order valence-corrected chi connectivity index (χ2v) is 16.9. The molecule has 3 heterocycles. The van der Waals surface area contributed by atoms with Crippen molar-refractivity contribution < 1.29 is 24.2 Å². The molecule has 0 unspecified atom stereocenters. The van der Waals surface area contributed by atoms with Gasteiger partial charge in [0.15, 0.2) is 0 Å². The first-order valence-corrected chi connectivity index (χ1v) is 19.5. The van der Waals surface area contributed by atoms with Gasteiger partial charge in [-0.15, -0.1) is 0 Å². The van der Waals surface area contributed by atoms with E-state index >= 15 is 0 Å². The van der Waals surface area contributed by atoms with Gasteiger partial charge in [-0.25, -0.2) is 9.78 Å². The quantitative estimate of drug-likeness (QED) is 0.240. The summed E-state index contributed by atoms with van der Waals surface area (Å²) < 4.78 is 13.5. The number of ether oxygens (including phenoxy) is 2. The zero-order valence-electron chi connectivity index (χ0n) is 31.8. The van der Waals surface area contributed by atoms with Gasteiger partial charge in [0.05, 0.1) is 18.9 Å². The van der Waals surface area contributed by atoms with Crippen LogP contribution in [0.25, 0.3) is 11.1 Å². The molecule has 1 saturated heterocycles. The number of carbonyl (C=O) groups excluding carboxylic acids is 2. The summed E-state index contributed by atoms with van der Waals surface area (Å²) in [5.41, 5.74) is 4.13. The van der Waals surface area contributed by atoms with Crippen LogP contribution >= 0.6 is 0 Å². The van der Waals surface area contributed by atoms with Gasteiger partial charge < -0.3 is 19.5 Å². The highest BCUT2D eigenvalue weighted by molar-refractivity contribution is 5.95. The Morgan fingerprint density at radius 1 is 0.962 bits per heavy atom. The lowest BCUT2D eigenvalue weighted by Crippen LogP contribution is -2.52. The van der Waals surface area contributed by atoms with E-state index in [1.165, 1.54) is 11.1 Å². The number of aliphatic hydroxyl groups is 1. The Morgan fingerprint density at radius 3 is 2.27 bits per heavy atom. The highest BCUT2D eigenvalue weighted by Gasteiger charge is 2.51. The molecular weight excluding hydrogens is 654 g/mol. The molecule has 52 heavy (non-hydrogen) atoms. The SMILES string of the molecule is COc1ccc(C23CCC(CN(C(=O)C4CCC(OC(=O)N5CCC(C)(O)CC5)CC4)c4cc(-c5cnn(C(C)C)c5)ccn4)(CC2)CC3)cc1C. The summed E-state index contributed by atoms with van der Waals surface area (Å²) in [6, 6.07) is 11.0. The predicted octanol–water partition coefficient (Wildman–Crippen LogP) is 8.01. The lowest BCUT2D eigenvalue weighted by Gasteiger charge is -2.55. The molecule has 10 heteroatoms. The van der Waals surface area contributed by atoms with Gasteiger partial charge in [-0.05, 0) is 150 Å². The van der Waals surface area contributed by atoms with Crippen molar-refractivity contribution >= 4 is 17.8 Å². The van der Waals surface area contributed by atoms with E-state index < -0.39 is 5.60 Å². The highest BCUT2D eigenvalue weighted by atomic mass is 16.6. The van der Waals surface area contributed by atoms with Gasteiger partial charge in [0.2, 0.25) is 5.91 Å². The van der Waals surface area contributed by atoms with Gasteiger partial charge in [0.25, 0.3) is 0 Å². The number of aryl methyl sites for hydroxylation is 1. The summed E-state index contributed by atoms with van der Waals surface area (Å²) in [6.45, 7) is 9.85. The number of anilines is 1. The van der Waals surface area contributed by atoms with Gasteiger partial charge in [-0.3, -0.25) is 14.4 Å². The number of carbonyl (C=O) groups is 2. The van der Waals surface area contributed by atoms with Gasteiger partial charge in [0.1, 0.15) is 17.7 Å². The Hall–Kier alpha value is -3.92. The van der Waals surface area contributed by atoms with Gasteiger partial charge in [-0.1, -0.05) is 12.1 Å². The fourth-order valence-corrected chi connectivity index (χ4v) is 9.30. The van der Waals surface area contributed by atoms with Crippen LogP contribution in [0, 0.1) is 18.3 Å². The Morgan fingerprint density at radius 2 is 1.65 bits per heavy atom. The molecule has 1 N–H and O–H groups in total. The Kier molecular flexibility index (Phi) is 10.1. The van der Waals surface area contributed by atoms with E-state index in [9.17, 15) is 14.7 Å². The molecule has 8 rings (SSSR count).